The standard InChI is InChI=1S/C18H20ClN7O4/c1-29-16-12(19)10(2-5-21-16)13-14-15(25-24-13)23-11(8-22-14)26-6-3-18(9-27,4-7-26)30-17(20)28/h2,5,8,27H,3-4,6-7,9H2,1H3,(H2,20,28)(H,23,24,25). The molecule has 3 aromatic heterocycles. The summed E-state index contributed by atoms with van der Waals surface area (Å²) in [7, 11) is 1.49. The highest BCUT2D eigenvalue weighted by Crippen LogP contribution is 2.35. The van der Waals surface area contributed by atoms with E-state index in [1.54, 1.807) is 18.5 Å². The van der Waals surface area contributed by atoms with Crippen LogP contribution in [0.3, 0.4) is 0 Å². The summed E-state index contributed by atoms with van der Waals surface area (Å²) in [6.07, 6.45) is 3.18. The van der Waals surface area contributed by atoms with Crippen LogP contribution in [-0.2, 0) is 4.74 Å². The summed E-state index contributed by atoms with van der Waals surface area (Å²) >= 11 is 6.37. The highest BCUT2D eigenvalue weighted by Gasteiger charge is 2.38. The number of hydrogen-bond donors (Lipinski definition) is 3. The van der Waals surface area contributed by atoms with E-state index in [-0.39, 0.29) is 6.61 Å². The van der Waals surface area contributed by atoms with Gasteiger partial charge in [0.2, 0.25) is 11.5 Å². The van der Waals surface area contributed by atoms with Gasteiger partial charge in [0.05, 0.1) is 25.6 Å². The smallest absolute Gasteiger partial charge is 0.405 e. The molecule has 3 aromatic rings. The van der Waals surface area contributed by atoms with Gasteiger partial charge in [-0.05, 0) is 6.07 Å². The summed E-state index contributed by atoms with van der Waals surface area (Å²) in [5.41, 5.74) is 6.43. The third kappa shape index (κ3) is 3.57. The van der Waals surface area contributed by atoms with E-state index in [9.17, 15) is 9.90 Å². The summed E-state index contributed by atoms with van der Waals surface area (Å²) in [5.74, 6) is 0.935. The molecule has 0 aromatic carbocycles. The number of pyridine rings is 1. The maximum absolute atomic E-state index is 11.1. The molecule has 1 amide bonds. The van der Waals surface area contributed by atoms with Crippen molar-refractivity contribution < 1.29 is 19.4 Å². The number of fused-ring (bicyclic) bond motifs is 1. The molecule has 0 atom stereocenters. The molecule has 0 unspecified atom stereocenters. The second kappa shape index (κ2) is 7.92. The van der Waals surface area contributed by atoms with E-state index in [2.05, 4.69) is 25.1 Å². The number of primary amides is 1. The minimum Gasteiger partial charge on any atom is -0.480 e. The first-order valence-electron chi connectivity index (χ1n) is 9.20. The Morgan fingerprint density at radius 2 is 2.17 bits per heavy atom. The molecule has 12 heteroatoms. The maximum atomic E-state index is 11.1. The van der Waals surface area contributed by atoms with E-state index >= 15 is 0 Å². The lowest BCUT2D eigenvalue weighted by atomic mass is 9.92. The molecule has 158 valence electrons. The zero-order valence-electron chi connectivity index (χ0n) is 16.1. The number of H-pyrrole nitrogens is 1. The van der Waals surface area contributed by atoms with Crippen LogP contribution in [0.15, 0.2) is 18.5 Å². The predicted molar refractivity (Wildman–Crippen MR) is 108 cm³/mol. The Bertz CT molecular complexity index is 1080. The number of nitrogens with zero attached hydrogens (tertiary/aromatic N) is 5. The largest absolute Gasteiger partial charge is 0.480 e. The first kappa shape index (κ1) is 20.1. The molecule has 11 nitrogen and oxygen atoms in total. The van der Waals surface area contributed by atoms with Crippen LogP contribution in [0, 0.1) is 0 Å². The van der Waals surface area contributed by atoms with Gasteiger partial charge in [0.15, 0.2) is 0 Å². The molecule has 1 saturated heterocycles. The molecular weight excluding hydrogens is 414 g/mol. The van der Waals surface area contributed by atoms with Gasteiger partial charge in [0.1, 0.15) is 22.0 Å². The molecule has 4 rings (SSSR count). The van der Waals surface area contributed by atoms with Crippen LogP contribution in [0.4, 0.5) is 10.6 Å². The highest BCUT2D eigenvalue weighted by atomic mass is 35.5. The van der Waals surface area contributed by atoms with Crippen molar-refractivity contribution in [2.24, 2.45) is 5.73 Å². The van der Waals surface area contributed by atoms with Crippen molar-refractivity contribution in [2.75, 3.05) is 31.7 Å². The van der Waals surface area contributed by atoms with E-state index in [1.165, 1.54) is 7.11 Å². The Morgan fingerprint density at radius 1 is 1.40 bits per heavy atom. The van der Waals surface area contributed by atoms with E-state index in [1.807, 2.05) is 4.90 Å². The number of halogens is 1. The van der Waals surface area contributed by atoms with Gasteiger partial charge in [-0.15, -0.1) is 0 Å². The van der Waals surface area contributed by atoms with Gasteiger partial charge in [-0.25, -0.2) is 19.7 Å². The van der Waals surface area contributed by atoms with Crippen LogP contribution in [0.2, 0.25) is 5.02 Å². The number of methoxy groups -OCH3 is 1. The second-order valence-electron chi connectivity index (χ2n) is 6.93. The SMILES string of the molecule is COc1nccc(-c2[nH]nc3nc(N4CCC(CO)(OC(N)=O)CC4)cnc23)c1Cl. The predicted octanol–water partition coefficient (Wildman–Crippen LogP) is 1.50. The lowest BCUT2D eigenvalue weighted by Gasteiger charge is -2.39. The van der Waals surface area contributed by atoms with Crippen molar-refractivity contribution in [3.63, 3.8) is 0 Å². The minimum absolute atomic E-state index is 0.284. The molecule has 1 fully saturated rings. The van der Waals surface area contributed by atoms with Crippen molar-refractivity contribution in [1.82, 2.24) is 25.1 Å². The molecule has 0 bridgehead atoms. The number of piperidine rings is 1. The number of aromatic amines is 1. The van der Waals surface area contributed by atoms with Gasteiger partial charge in [-0.1, -0.05) is 11.6 Å². The van der Waals surface area contributed by atoms with Gasteiger partial charge in [-0.2, -0.15) is 5.10 Å². The Morgan fingerprint density at radius 3 is 2.83 bits per heavy atom. The number of hydrogen-bond acceptors (Lipinski definition) is 9. The molecular formula is C18H20ClN7O4. The lowest BCUT2D eigenvalue weighted by molar-refractivity contribution is -0.0422. The molecule has 1 aliphatic rings. The van der Waals surface area contributed by atoms with Crippen molar-refractivity contribution in [2.45, 2.75) is 18.4 Å². The van der Waals surface area contributed by atoms with Crippen LogP contribution >= 0.6 is 11.6 Å². The summed E-state index contributed by atoms with van der Waals surface area (Å²) in [6.45, 7) is 0.741. The average Bonchev–Trinajstić information content (AvgIpc) is 3.17. The molecule has 1 aliphatic heterocycles. The second-order valence-corrected chi connectivity index (χ2v) is 7.31. The molecule has 0 spiro atoms. The van der Waals surface area contributed by atoms with Crippen LogP contribution in [0.1, 0.15) is 12.8 Å². The number of aromatic nitrogens is 5. The third-order valence-electron chi connectivity index (χ3n) is 5.18. The summed E-state index contributed by atoms with van der Waals surface area (Å²) in [5, 5.41) is 17.2. The monoisotopic (exact) mass is 433 g/mol. The van der Waals surface area contributed by atoms with Crippen LogP contribution in [0.5, 0.6) is 5.88 Å². The van der Waals surface area contributed by atoms with Crippen LogP contribution in [0.25, 0.3) is 22.4 Å². The maximum Gasteiger partial charge on any atom is 0.405 e. The normalized spacial score (nSPS) is 15.9. The van der Waals surface area contributed by atoms with E-state index in [0.717, 1.165) is 0 Å². The van der Waals surface area contributed by atoms with Crippen LogP contribution < -0.4 is 15.4 Å². The van der Waals surface area contributed by atoms with Gasteiger partial charge in [0, 0.05) is 37.7 Å². The highest BCUT2D eigenvalue weighted by molar-refractivity contribution is 6.34. The van der Waals surface area contributed by atoms with Crippen LogP contribution in [-0.4, -0.2) is 68.8 Å². The van der Waals surface area contributed by atoms with Crippen molar-refractivity contribution in [3.8, 4) is 17.1 Å². The number of aliphatic hydroxyl groups excluding tert-OH is 1. The van der Waals surface area contributed by atoms with Crippen molar-refractivity contribution in [1.29, 1.82) is 0 Å². The van der Waals surface area contributed by atoms with Gasteiger partial charge in [0.25, 0.3) is 0 Å². The average molecular weight is 434 g/mol. The number of rotatable bonds is 5. The number of aliphatic hydroxyl groups is 1. The van der Waals surface area contributed by atoms with E-state index < -0.39 is 11.7 Å². The number of amides is 1. The third-order valence-corrected chi connectivity index (χ3v) is 5.54. The summed E-state index contributed by atoms with van der Waals surface area (Å²) in [4.78, 5) is 26.3. The fourth-order valence-electron chi connectivity index (χ4n) is 3.54. The Balaban J connectivity index is 1.59. The molecule has 4 N–H and O–H groups in total. The summed E-state index contributed by atoms with van der Waals surface area (Å²) in [6, 6.07) is 1.74. The Hall–Kier alpha value is -3.18. The fourth-order valence-corrected chi connectivity index (χ4v) is 3.82. The van der Waals surface area contributed by atoms with Gasteiger partial charge >= 0.3 is 6.09 Å². The van der Waals surface area contributed by atoms with Gasteiger partial charge < -0.3 is 25.2 Å². The van der Waals surface area contributed by atoms with Crippen molar-refractivity contribution in [3.05, 3.63) is 23.5 Å². The minimum atomic E-state index is -0.962. The lowest BCUT2D eigenvalue weighted by Crippen LogP contribution is -2.50. The van der Waals surface area contributed by atoms with E-state index in [0.29, 0.717) is 65.1 Å². The fraction of sp³-hybridized carbons (Fsp3) is 0.389. The quantitative estimate of drug-likeness (QED) is 0.543. The zero-order chi connectivity index (χ0) is 21.3. The topological polar surface area (TPSA) is 152 Å². The zero-order valence-corrected chi connectivity index (χ0v) is 16.9. The number of anilines is 1. The van der Waals surface area contributed by atoms with Crippen molar-refractivity contribution >= 4 is 34.7 Å². The molecule has 0 radical (unpaired) electrons. The molecule has 4 heterocycles. The first-order chi connectivity index (χ1) is 14.5. The molecule has 0 saturated carbocycles. The Kier molecular flexibility index (Phi) is 5.31. The number of carbonyl (C=O) groups excluding carboxylic acids is 1. The molecule has 0 aliphatic carbocycles. The number of ether oxygens (including phenoxy) is 2. The number of nitrogens with two attached hydrogens (primary N) is 1. The van der Waals surface area contributed by atoms with E-state index in [4.69, 9.17) is 26.8 Å². The Labute approximate surface area is 176 Å². The number of carbonyl (C=O) groups is 1. The molecule has 30 heavy (non-hydrogen) atoms. The summed E-state index contributed by atoms with van der Waals surface area (Å²) < 4.78 is 10.3. The number of nitrogens with one attached hydrogen (secondary N) is 1. The van der Waals surface area contributed by atoms with Gasteiger partial charge in [-0.3, -0.25) is 5.10 Å². The first-order valence-corrected chi connectivity index (χ1v) is 9.58.